The molecule has 0 saturated carbocycles. The van der Waals surface area contributed by atoms with E-state index in [2.05, 4.69) is 11.9 Å². The molecule has 2 nitrogen and oxygen atoms in total. The van der Waals surface area contributed by atoms with Crippen LogP contribution in [0.4, 0.5) is 0 Å². The first-order chi connectivity index (χ1) is 4.43. The van der Waals surface area contributed by atoms with Crippen LogP contribution in [0.3, 0.4) is 0 Å². The molecule has 0 aliphatic rings. The van der Waals surface area contributed by atoms with E-state index in [1.165, 1.54) is 19.2 Å². The highest BCUT2D eigenvalue weighted by atomic mass is 16.3. The van der Waals surface area contributed by atoms with Gasteiger partial charge in [0.25, 0.3) is 0 Å². The molecular weight excluding hydrogens is 114 g/mol. The fourth-order valence-corrected chi connectivity index (χ4v) is 0.719. The van der Waals surface area contributed by atoms with Crippen molar-refractivity contribution in [3.63, 3.8) is 0 Å². The summed E-state index contributed by atoms with van der Waals surface area (Å²) in [6, 6.07) is 0. The Labute approximate surface area is 54.9 Å². The van der Waals surface area contributed by atoms with Gasteiger partial charge in [-0.3, -0.25) is 0 Å². The van der Waals surface area contributed by atoms with Gasteiger partial charge in [-0.05, 0) is 12.8 Å². The van der Waals surface area contributed by atoms with E-state index in [0.29, 0.717) is 0 Å². The quantitative estimate of drug-likeness (QED) is 0.617. The van der Waals surface area contributed by atoms with Crippen molar-refractivity contribution in [1.82, 2.24) is 4.98 Å². The minimum atomic E-state index is 1.05. The molecule has 0 unspecified atom stereocenters. The van der Waals surface area contributed by atoms with Crippen LogP contribution in [0.2, 0.25) is 0 Å². The monoisotopic (exact) mass is 125 g/mol. The van der Waals surface area contributed by atoms with E-state index in [-0.39, 0.29) is 0 Å². The predicted molar refractivity (Wildman–Crippen MR) is 35.1 cm³/mol. The molecule has 0 bridgehead atoms. The Bertz CT molecular complexity index is 146. The van der Waals surface area contributed by atoms with Gasteiger partial charge in [-0.1, -0.05) is 13.3 Å². The van der Waals surface area contributed by atoms with Crippen LogP contribution in [0.25, 0.3) is 0 Å². The summed E-state index contributed by atoms with van der Waals surface area (Å²) in [5.41, 5.74) is 1.07. The van der Waals surface area contributed by atoms with Gasteiger partial charge in [-0.25, -0.2) is 4.98 Å². The summed E-state index contributed by atoms with van der Waals surface area (Å²) in [5, 5.41) is 0. The average Bonchev–Trinajstić information content (AvgIpc) is 2.34. The lowest BCUT2D eigenvalue weighted by Gasteiger charge is -1.88. The Hall–Kier alpha value is -0.790. The number of oxazole rings is 1. The fraction of sp³-hybridized carbons (Fsp3) is 0.571. The molecule has 0 amide bonds. The predicted octanol–water partition coefficient (Wildman–Crippen LogP) is 2.02. The van der Waals surface area contributed by atoms with Gasteiger partial charge in [0.05, 0.1) is 5.69 Å². The van der Waals surface area contributed by atoms with E-state index in [9.17, 15) is 0 Å². The number of unbranched alkanes of at least 4 members (excludes halogenated alkanes) is 1. The van der Waals surface area contributed by atoms with Crippen LogP contribution >= 0.6 is 0 Å². The lowest BCUT2D eigenvalue weighted by Crippen LogP contribution is -1.81. The van der Waals surface area contributed by atoms with Gasteiger partial charge in [-0.2, -0.15) is 0 Å². The molecule has 0 radical (unpaired) electrons. The fourth-order valence-electron chi connectivity index (χ4n) is 0.719. The summed E-state index contributed by atoms with van der Waals surface area (Å²) in [6.07, 6.45) is 6.65. The molecule has 0 N–H and O–H groups in total. The third-order valence-corrected chi connectivity index (χ3v) is 1.27. The van der Waals surface area contributed by atoms with Crippen molar-refractivity contribution in [2.45, 2.75) is 26.2 Å². The summed E-state index contributed by atoms with van der Waals surface area (Å²) in [5.74, 6) is 0. The number of hydrogen-bond donors (Lipinski definition) is 0. The maximum atomic E-state index is 4.80. The van der Waals surface area contributed by atoms with Crippen LogP contribution in [0, 0.1) is 0 Å². The SMILES string of the molecule is CCCCc1cocn1. The van der Waals surface area contributed by atoms with Crippen LogP contribution in [0.5, 0.6) is 0 Å². The normalized spacial score (nSPS) is 9.89. The summed E-state index contributed by atoms with van der Waals surface area (Å²) in [7, 11) is 0. The van der Waals surface area contributed by atoms with E-state index in [1.54, 1.807) is 6.26 Å². The van der Waals surface area contributed by atoms with Gasteiger partial charge >= 0.3 is 0 Å². The van der Waals surface area contributed by atoms with Gasteiger partial charge in [0.15, 0.2) is 6.39 Å². The third-order valence-electron chi connectivity index (χ3n) is 1.27. The van der Waals surface area contributed by atoms with E-state index in [4.69, 9.17) is 4.42 Å². The highest BCUT2D eigenvalue weighted by molar-refractivity contribution is 4.89. The van der Waals surface area contributed by atoms with E-state index in [1.807, 2.05) is 0 Å². The lowest BCUT2D eigenvalue weighted by atomic mass is 10.2. The topological polar surface area (TPSA) is 26.0 Å². The Morgan fingerprint density at radius 3 is 3.11 bits per heavy atom. The van der Waals surface area contributed by atoms with Crippen molar-refractivity contribution in [3.05, 3.63) is 18.4 Å². The Kier molecular flexibility index (Phi) is 2.31. The van der Waals surface area contributed by atoms with Crippen molar-refractivity contribution >= 4 is 0 Å². The van der Waals surface area contributed by atoms with Crippen LogP contribution in [-0.2, 0) is 6.42 Å². The van der Waals surface area contributed by atoms with Gasteiger partial charge in [-0.15, -0.1) is 0 Å². The molecular formula is C7H11NO. The molecule has 1 aromatic rings. The molecule has 0 atom stereocenters. The molecule has 0 aromatic carbocycles. The molecule has 0 fully saturated rings. The first-order valence-corrected chi connectivity index (χ1v) is 3.30. The second-order valence-electron chi connectivity index (χ2n) is 2.08. The number of aryl methyl sites for hydroxylation is 1. The molecule has 1 rings (SSSR count). The van der Waals surface area contributed by atoms with Crippen LogP contribution < -0.4 is 0 Å². The maximum Gasteiger partial charge on any atom is 0.180 e. The van der Waals surface area contributed by atoms with Crippen molar-refractivity contribution in [3.8, 4) is 0 Å². The van der Waals surface area contributed by atoms with Gasteiger partial charge in [0.2, 0.25) is 0 Å². The maximum absolute atomic E-state index is 4.80. The second kappa shape index (κ2) is 3.28. The van der Waals surface area contributed by atoms with Gasteiger partial charge < -0.3 is 4.42 Å². The zero-order chi connectivity index (χ0) is 6.53. The van der Waals surface area contributed by atoms with Gasteiger partial charge in [0.1, 0.15) is 6.26 Å². The average molecular weight is 125 g/mol. The van der Waals surface area contributed by atoms with Crippen molar-refractivity contribution in [2.75, 3.05) is 0 Å². The second-order valence-corrected chi connectivity index (χ2v) is 2.08. The van der Waals surface area contributed by atoms with E-state index < -0.39 is 0 Å². The van der Waals surface area contributed by atoms with Gasteiger partial charge in [0, 0.05) is 0 Å². The van der Waals surface area contributed by atoms with Crippen molar-refractivity contribution in [2.24, 2.45) is 0 Å². The zero-order valence-electron chi connectivity index (χ0n) is 5.63. The first-order valence-electron chi connectivity index (χ1n) is 3.30. The third kappa shape index (κ3) is 1.88. The zero-order valence-corrected chi connectivity index (χ0v) is 5.63. The number of rotatable bonds is 3. The van der Waals surface area contributed by atoms with Crippen LogP contribution in [-0.4, -0.2) is 4.98 Å². The highest BCUT2D eigenvalue weighted by Gasteiger charge is 1.92. The highest BCUT2D eigenvalue weighted by Crippen LogP contribution is 2.00. The van der Waals surface area contributed by atoms with Crippen molar-refractivity contribution in [1.29, 1.82) is 0 Å². The minimum Gasteiger partial charge on any atom is -0.451 e. The molecule has 2 heteroatoms. The van der Waals surface area contributed by atoms with E-state index >= 15 is 0 Å². The Morgan fingerprint density at radius 1 is 1.67 bits per heavy atom. The standard InChI is InChI=1S/C7H11NO/c1-2-3-4-7-5-9-6-8-7/h5-6H,2-4H2,1H3. The summed E-state index contributed by atoms with van der Waals surface area (Å²) < 4.78 is 4.80. The number of aromatic nitrogens is 1. The summed E-state index contributed by atoms with van der Waals surface area (Å²) >= 11 is 0. The summed E-state index contributed by atoms with van der Waals surface area (Å²) in [4.78, 5) is 3.99. The lowest BCUT2D eigenvalue weighted by molar-refractivity contribution is 0.556. The largest absolute Gasteiger partial charge is 0.451 e. The molecule has 1 heterocycles. The molecule has 0 saturated heterocycles. The molecule has 0 spiro atoms. The van der Waals surface area contributed by atoms with Crippen LogP contribution in [0.1, 0.15) is 25.5 Å². The smallest absolute Gasteiger partial charge is 0.180 e. The van der Waals surface area contributed by atoms with E-state index in [0.717, 1.165) is 12.1 Å². The Morgan fingerprint density at radius 2 is 2.56 bits per heavy atom. The van der Waals surface area contributed by atoms with Crippen LogP contribution in [0.15, 0.2) is 17.1 Å². The molecule has 50 valence electrons. The molecule has 9 heavy (non-hydrogen) atoms. The Balaban J connectivity index is 2.30. The number of hydrogen-bond acceptors (Lipinski definition) is 2. The molecule has 0 aliphatic carbocycles. The minimum absolute atomic E-state index is 1.05. The molecule has 0 aliphatic heterocycles. The first kappa shape index (κ1) is 6.33. The van der Waals surface area contributed by atoms with Crippen molar-refractivity contribution < 1.29 is 4.42 Å². The molecule has 1 aromatic heterocycles. The summed E-state index contributed by atoms with van der Waals surface area (Å²) in [6.45, 7) is 2.17. The number of nitrogens with zero attached hydrogens (tertiary/aromatic N) is 1.